The Balaban J connectivity index is 2.23. The standard InChI is InChI=1S/C15H12N2O2/c1-10-5-6-13(14(18)7-10)15(19)17-12-4-2-3-11(8-12)9-16/h2-8,18H,1H3,(H,17,19). The minimum absolute atomic E-state index is 0.0612. The molecule has 19 heavy (non-hydrogen) atoms. The third kappa shape index (κ3) is 2.90. The van der Waals surface area contributed by atoms with Crippen LogP contribution in [0.15, 0.2) is 42.5 Å². The van der Waals surface area contributed by atoms with Crippen molar-refractivity contribution in [2.75, 3.05) is 5.32 Å². The Morgan fingerprint density at radius 2 is 2.05 bits per heavy atom. The second-order valence-electron chi connectivity index (χ2n) is 4.17. The number of phenolic OH excluding ortho intramolecular Hbond substituents is 1. The Bertz CT molecular complexity index is 672. The van der Waals surface area contributed by atoms with Crippen molar-refractivity contribution in [3.63, 3.8) is 0 Å². The molecule has 2 N–H and O–H groups in total. The first-order chi connectivity index (χ1) is 9.10. The van der Waals surface area contributed by atoms with Crippen LogP contribution >= 0.6 is 0 Å². The van der Waals surface area contributed by atoms with E-state index in [1.54, 1.807) is 36.4 Å². The number of phenols is 1. The van der Waals surface area contributed by atoms with Gasteiger partial charge in [0.1, 0.15) is 5.75 Å². The van der Waals surface area contributed by atoms with Gasteiger partial charge in [-0.05, 0) is 42.8 Å². The van der Waals surface area contributed by atoms with Gasteiger partial charge in [0, 0.05) is 5.69 Å². The fourth-order valence-corrected chi connectivity index (χ4v) is 1.70. The molecule has 0 heterocycles. The zero-order valence-corrected chi connectivity index (χ0v) is 10.3. The molecule has 94 valence electrons. The molecule has 0 fully saturated rings. The lowest BCUT2D eigenvalue weighted by Crippen LogP contribution is -2.12. The number of aromatic hydroxyl groups is 1. The zero-order valence-electron chi connectivity index (χ0n) is 10.3. The van der Waals surface area contributed by atoms with Crippen LogP contribution in [-0.2, 0) is 0 Å². The van der Waals surface area contributed by atoms with E-state index in [-0.39, 0.29) is 11.3 Å². The van der Waals surface area contributed by atoms with Gasteiger partial charge in [0.05, 0.1) is 17.2 Å². The Morgan fingerprint density at radius 3 is 2.74 bits per heavy atom. The van der Waals surface area contributed by atoms with Gasteiger partial charge in [0.25, 0.3) is 5.91 Å². The van der Waals surface area contributed by atoms with Crippen molar-refractivity contribution in [2.45, 2.75) is 6.92 Å². The number of hydrogen-bond acceptors (Lipinski definition) is 3. The van der Waals surface area contributed by atoms with Crippen LogP contribution in [0.25, 0.3) is 0 Å². The molecular formula is C15H12N2O2. The lowest BCUT2D eigenvalue weighted by molar-refractivity contribution is 0.102. The molecule has 0 aliphatic carbocycles. The second kappa shape index (κ2) is 5.23. The van der Waals surface area contributed by atoms with Crippen LogP contribution in [0.5, 0.6) is 5.75 Å². The van der Waals surface area contributed by atoms with Gasteiger partial charge in [-0.25, -0.2) is 0 Å². The van der Waals surface area contributed by atoms with E-state index in [0.717, 1.165) is 5.56 Å². The number of aryl methyl sites for hydroxylation is 1. The first-order valence-corrected chi connectivity index (χ1v) is 5.71. The van der Waals surface area contributed by atoms with Gasteiger partial charge in [-0.1, -0.05) is 12.1 Å². The molecule has 4 nitrogen and oxygen atoms in total. The molecule has 2 aromatic rings. The summed E-state index contributed by atoms with van der Waals surface area (Å²) in [6.45, 7) is 1.83. The summed E-state index contributed by atoms with van der Waals surface area (Å²) in [7, 11) is 0. The molecule has 0 atom stereocenters. The SMILES string of the molecule is Cc1ccc(C(=O)Nc2cccc(C#N)c2)c(O)c1. The van der Waals surface area contributed by atoms with Gasteiger partial charge < -0.3 is 10.4 Å². The van der Waals surface area contributed by atoms with Gasteiger partial charge in [-0.15, -0.1) is 0 Å². The highest BCUT2D eigenvalue weighted by Gasteiger charge is 2.11. The van der Waals surface area contributed by atoms with E-state index in [1.807, 2.05) is 13.0 Å². The van der Waals surface area contributed by atoms with Crippen molar-refractivity contribution < 1.29 is 9.90 Å². The third-order valence-corrected chi connectivity index (χ3v) is 2.65. The van der Waals surface area contributed by atoms with Crippen LogP contribution in [0.3, 0.4) is 0 Å². The summed E-state index contributed by atoms with van der Waals surface area (Å²) >= 11 is 0. The van der Waals surface area contributed by atoms with Gasteiger partial charge in [0.2, 0.25) is 0 Å². The molecule has 0 bridgehead atoms. The topological polar surface area (TPSA) is 73.1 Å². The third-order valence-electron chi connectivity index (χ3n) is 2.65. The maximum atomic E-state index is 12.0. The number of carbonyl (C=O) groups is 1. The lowest BCUT2D eigenvalue weighted by atomic mass is 10.1. The van der Waals surface area contributed by atoms with E-state index >= 15 is 0 Å². The van der Waals surface area contributed by atoms with Crippen LogP contribution in [-0.4, -0.2) is 11.0 Å². The fourth-order valence-electron chi connectivity index (χ4n) is 1.70. The van der Waals surface area contributed by atoms with Crippen molar-refractivity contribution in [2.24, 2.45) is 0 Å². The normalized spacial score (nSPS) is 9.68. The van der Waals surface area contributed by atoms with Crippen LogP contribution in [0.2, 0.25) is 0 Å². The highest BCUT2D eigenvalue weighted by Crippen LogP contribution is 2.20. The maximum absolute atomic E-state index is 12.0. The molecule has 0 spiro atoms. The molecule has 0 unspecified atom stereocenters. The smallest absolute Gasteiger partial charge is 0.259 e. The first-order valence-electron chi connectivity index (χ1n) is 5.71. The minimum Gasteiger partial charge on any atom is -0.507 e. The largest absolute Gasteiger partial charge is 0.507 e. The van der Waals surface area contributed by atoms with Gasteiger partial charge in [0.15, 0.2) is 0 Å². The summed E-state index contributed by atoms with van der Waals surface area (Å²) < 4.78 is 0. The average Bonchev–Trinajstić information content (AvgIpc) is 2.38. The van der Waals surface area contributed by atoms with Crippen molar-refractivity contribution in [1.82, 2.24) is 0 Å². The van der Waals surface area contributed by atoms with E-state index in [2.05, 4.69) is 5.32 Å². The quantitative estimate of drug-likeness (QED) is 0.863. The average molecular weight is 252 g/mol. The van der Waals surface area contributed by atoms with Crippen molar-refractivity contribution >= 4 is 11.6 Å². The molecule has 2 rings (SSSR count). The maximum Gasteiger partial charge on any atom is 0.259 e. The molecule has 1 amide bonds. The molecule has 0 aliphatic heterocycles. The van der Waals surface area contributed by atoms with E-state index < -0.39 is 5.91 Å². The number of rotatable bonds is 2. The van der Waals surface area contributed by atoms with Crippen molar-refractivity contribution in [1.29, 1.82) is 5.26 Å². The molecule has 4 heteroatoms. The number of anilines is 1. The fraction of sp³-hybridized carbons (Fsp3) is 0.0667. The van der Waals surface area contributed by atoms with E-state index in [0.29, 0.717) is 11.3 Å². The highest BCUT2D eigenvalue weighted by molar-refractivity contribution is 6.06. The van der Waals surface area contributed by atoms with Crippen LogP contribution < -0.4 is 5.32 Å². The number of hydrogen-bond donors (Lipinski definition) is 2. The summed E-state index contributed by atoms with van der Waals surface area (Å²) in [5.41, 5.74) is 2.06. The Hall–Kier alpha value is -2.80. The number of carbonyl (C=O) groups excluding carboxylic acids is 1. The second-order valence-corrected chi connectivity index (χ2v) is 4.17. The predicted octanol–water partition coefficient (Wildman–Crippen LogP) is 2.82. The summed E-state index contributed by atoms with van der Waals surface area (Å²) in [5.74, 6) is -0.471. The zero-order chi connectivity index (χ0) is 13.8. The highest BCUT2D eigenvalue weighted by atomic mass is 16.3. The predicted molar refractivity (Wildman–Crippen MR) is 72.0 cm³/mol. The van der Waals surface area contributed by atoms with E-state index in [4.69, 9.17) is 5.26 Å². The molecule has 0 radical (unpaired) electrons. The van der Waals surface area contributed by atoms with Crippen molar-refractivity contribution in [3.05, 3.63) is 59.2 Å². The van der Waals surface area contributed by atoms with Gasteiger partial charge in [-0.2, -0.15) is 5.26 Å². The number of nitrogens with zero attached hydrogens (tertiary/aromatic N) is 1. The summed E-state index contributed by atoms with van der Waals surface area (Å²) in [4.78, 5) is 12.0. The van der Waals surface area contributed by atoms with Gasteiger partial charge >= 0.3 is 0 Å². The Morgan fingerprint density at radius 1 is 1.26 bits per heavy atom. The molecular weight excluding hydrogens is 240 g/mol. The van der Waals surface area contributed by atoms with Crippen LogP contribution in [0.4, 0.5) is 5.69 Å². The molecule has 0 saturated heterocycles. The van der Waals surface area contributed by atoms with Crippen LogP contribution in [0.1, 0.15) is 21.5 Å². The molecule has 2 aromatic carbocycles. The first kappa shape index (κ1) is 12.7. The lowest BCUT2D eigenvalue weighted by Gasteiger charge is -2.07. The summed E-state index contributed by atoms with van der Waals surface area (Å²) in [6.07, 6.45) is 0. The van der Waals surface area contributed by atoms with Crippen molar-refractivity contribution in [3.8, 4) is 11.8 Å². The summed E-state index contributed by atoms with van der Waals surface area (Å²) in [5, 5.41) is 21.2. The summed E-state index contributed by atoms with van der Waals surface area (Å²) in [6, 6.07) is 13.4. The van der Waals surface area contributed by atoms with E-state index in [1.165, 1.54) is 6.07 Å². The Labute approximate surface area is 110 Å². The van der Waals surface area contributed by atoms with E-state index in [9.17, 15) is 9.90 Å². The number of amides is 1. The number of benzene rings is 2. The molecule has 0 aromatic heterocycles. The minimum atomic E-state index is -0.410. The van der Waals surface area contributed by atoms with Crippen LogP contribution in [0, 0.1) is 18.3 Å². The van der Waals surface area contributed by atoms with Gasteiger partial charge in [-0.3, -0.25) is 4.79 Å². The monoisotopic (exact) mass is 252 g/mol. The number of nitriles is 1. The molecule has 0 aliphatic rings. The molecule has 0 saturated carbocycles. The Kier molecular flexibility index (Phi) is 3.48. The number of nitrogens with one attached hydrogen (secondary N) is 1.